The van der Waals surface area contributed by atoms with E-state index in [1.807, 2.05) is 0 Å². The van der Waals surface area contributed by atoms with Crippen LogP contribution in [0.2, 0.25) is 0 Å². The zero-order valence-corrected chi connectivity index (χ0v) is 10.0. The van der Waals surface area contributed by atoms with E-state index in [9.17, 15) is 9.90 Å². The summed E-state index contributed by atoms with van der Waals surface area (Å²) in [5.41, 5.74) is 6.41. The summed E-state index contributed by atoms with van der Waals surface area (Å²) < 4.78 is 5.08. The van der Waals surface area contributed by atoms with Crippen molar-refractivity contribution in [3.8, 4) is 11.5 Å². The van der Waals surface area contributed by atoms with E-state index in [4.69, 9.17) is 15.6 Å². The third-order valence-corrected chi connectivity index (χ3v) is 2.96. The van der Waals surface area contributed by atoms with Crippen molar-refractivity contribution in [3.05, 3.63) is 23.8 Å². The number of carbonyl (C=O) groups excluding carboxylic acids is 1. The molecule has 1 fully saturated rings. The van der Waals surface area contributed by atoms with Crippen LogP contribution in [0.15, 0.2) is 18.2 Å². The number of benzene rings is 1. The molecule has 0 heterocycles. The third-order valence-electron chi connectivity index (χ3n) is 2.96. The van der Waals surface area contributed by atoms with Crippen LogP contribution >= 0.6 is 0 Å². The van der Waals surface area contributed by atoms with E-state index >= 15 is 0 Å². The lowest BCUT2D eigenvalue weighted by Crippen LogP contribution is -2.34. The number of aromatic hydroxyl groups is 2. The zero-order valence-electron chi connectivity index (χ0n) is 10.0. The maximum absolute atomic E-state index is 11.6. The molecule has 0 radical (unpaired) electrons. The molecule has 2 rings (SSSR count). The van der Waals surface area contributed by atoms with Gasteiger partial charge in [-0.25, -0.2) is 0 Å². The summed E-state index contributed by atoms with van der Waals surface area (Å²) in [5, 5.41) is 18.5. The monoisotopic (exact) mass is 251 g/mol. The van der Waals surface area contributed by atoms with E-state index in [1.54, 1.807) is 6.07 Å². The number of rotatable bonds is 5. The molecule has 0 aromatic heterocycles. The summed E-state index contributed by atoms with van der Waals surface area (Å²) >= 11 is 0. The summed E-state index contributed by atoms with van der Waals surface area (Å²) in [6.07, 6.45) is 2.51. The van der Waals surface area contributed by atoms with Crippen molar-refractivity contribution in [2.24, 2.45) is 11.7 Å². The summed E-state index contributed by atoms with van der Waals surface area (Å²) in [7, 11) is 0. The molecule has 5 nitrogen and oxygen atoms in total. The van der Waals surface area contributed by atoms with Crippen LogP contribution in [0.1, 0.15) is 18.4 Å². The highest BCUT2D eigenvalue weighted by atomic mass is 16.5. The van der Waals surface area contributed by atoms with Crippen molar-refractivity contribution in [1.29, 1.82) is 0 Å². The fraction of sp³-hybridized carbons (Fsp3) is 0.462. The van der Waals surface area contributed by atoms with Crippen LogP contribution in [-0.2, 0) is 16.0 Å². The maximum Gasteiger partial charge on any atom is 0.323 e. The molecule has 1 saturated carbocycles. The van der Waals surface area contributed by atoms with Gasteiger partial charge >= 0.3 is 5.97 Å². The highest BCUT2D eigenvalue weighted by Crippen LogP contribution is 2.29. The van der Waals surface area contributed by atoms with Gasteiger partial charge in [-0.2, -0.15) is 0 Å². The van der Waals surface area contributed by atoms with Gasteiger partial charge in [0.25, 0.3) is 0 Å². The molecule has 1 aromatic rings. The summed E-state index contributed by atoms with van der Waals surface area (Å²) in [6, 6.07) is 3.63. The van der Waals surface area contributed by atoms with Crippen molar-refractivity contribution in [2.75, 3.05) is 6.61 Å². The molecule has 0 bridgehead atoms. The quantitative estimate of drug-likeness (QED) is 0.534. The first-order chi connectivity index (χ1) is 8.56. The van der Waals surface area contributed by atoms with Crippen molar-refractivity contribution in [3.63, 3.8) is 0 Å². The molecule has 1 aromatic carbocycles. The highest BCUT2D eigenvalue weighted by Gasteiger charge is 2.24. The number of hydrogen-bond donors (Lipinski definition) is 3. The lowest BCUT2D eigenvalue weighted by Gasteiger charge is -2.11. The van der Waals surface area contributed by atoms with Gasteiger partial charge in [0.2, 0.25) is 0 Å². The Hall–Kier alpha value is -1.75. The topological polar surface area (TPSA) is 92.8 Å². The first kappa shape index (κ1) is 12.7. The molecule has 0 spiro atoms. The van der Waals surface area contributed by atoms with E-state index in [0.717, 1.165) is 12.8 Å². The molecule has 1 unspecified atom stereocenters. The smallest absolute Gasteiger partial charge is 0.323 e. The fourth-order valence-corrected chi connectivity index (χ4v) is 1.62. The van der Waals surface area contributed by atoms with E-state index < -0.39 is 12.0 Å². The molecule has 18 heavy (non-hydrogen) atoms. The van der Waals surface area contributed by atoms with Crippen molar-refractivity contribution < 1.29 is 19.7 Å². The maximum atomic E-state index is 11.6. The molecular weight excluding hydrogens is 234 g/mol. The van der Waals surface area contributed by atoms with Gasteiger partial charge in [-0.15, -0.1) is 0 Å². The van der Waals surface area contributed by atoms with Crippen molar-refractivity contribution >= 4 is 5.97 Å². The number of hydrogen-bond acceptors (Lipinski definition) is 5. The van der Waals surface area contributed by atoms with Gasteiger partial charge in [0.1, 0.15) is 6.04 Å². The van der Waals surface area contributed by atoms with Crippen LogP contribution in [0.4, 0.5) is 0 Å². The molecule has 0 saturated heterocycles. The molecule has 1 aliphatic carbocycles. The average Bonchev–Trinajstić information content (AvgIpc) is 3.14. The molecule has 0 amide bonds. The molecule has 4 N–H and O–H groups in total. The predicted molar refractivity (Wildman–Crippen MR) is 65.1 cm³/mol. The summed E-state index contributed by atoms with van der Waals surface area (Å²) in [4.78, 5) is 11.6. The first-order valence-electron chi connectivity index (χ1n) is 5.99. The van der Waals surface area contributed by atoms with E-state index in [0.29, 0.717) is 18.1 Å². The Kier molecular flexibility index (Phi) is 3.72. The average molecular weight is 251 g/mol. The van der Waals surface area contributed by atoms with Gasteiger partial charge in [0.05, 0.1) is 6.61 Å². The molecule has 98 valence electrons. The van der Waals surface area contributed by atoms with E-state index in [1.165, 1.54) is 12.1 Å². The first-order valence-corrected chi connectivity index (χ1v) is 5.99. The number of phenols is 2. The number of carbonyl (C=O) groups is 1. The summed E-state index contributed by atoms with van der Waals surface area (Å²) in [5.74, 6) is -0.317. The lowest BCUT2D eigenvalue weighted by molar-refractivity contribution is -0.145. The second kappa shape index (κ2) is 5.27. The minimum Gasteiger partial charge on any atom is -0.504 e. The third kappa shape index (κ3) is 3.37. The molecular formula is C13H17NO4. The molecule has 0 aliphatic heterocycles. The predicted octanol–water partition coefficient (Wildman–Crippen LogP) is 0.921. The van der Waals surface area contributed by atoms with Crippen molar-refractivity contribution in [1.82, 2.24) is 0 Å². The van der Waals surface area contributed by atoms with Crippen LogP contribution in [0.5, 0.6) is 11.5 Å². The van der Waals surface area contributed by atoms with Crippen LogP contribution < -0.4 is 5.73 Å². The molecule has 1 atom stereocenters. The minimum atomic E-state index is -0.743. The Morgan fingerprint density at radius 3 is 2.72 bits per heavy atom. The summed E-state index contributed by atoms with van der Waals surface area (Å²) in [6.45, 7) is 0.452. The molecule has 5 heteroatoms. The number of phenolic OH excluding ortho intramolecular Hbond substituents is 2. The highest BCUT2D eigenvalue weighted by molar-refractivity contribution is 5.76. The van der Waals surface area contributed by atoms with Crippen LogP contribution in [0, 0.1) is 5.92 Å². The Bertz CT molecular complexity index is 443. The Morgan fingerprint density at radius 2 is 2.11 bits per heavy atom. The number of nitrogens with two attached hydrogens (primary N) is 1. The van der Waals surface area contributed by atoms with Gasteiger partial charge < -0.3 is 20.7 Å². The van der Waals surface area contributed by atoms with Gasteiger partial charge in [0, 0.05) is 0 Å². The lowest BCUT2D eigenvalue weighted by atomic mass is 10.1. The van der Waals surface area contributed by atoms with E-state index in [-0.39, 0.29) is 17.9 Å². The standard InChI is InChI=1S/C13H17NO4/c14-10(13(17)18-7-8-1-2-8)5-9-3-4-11(15)12(16)6-9/h3-4,6,8,10,15-16H,1-2,5,7,14H2. The number of ether oxygens (including phenoxy) is 1. The normalized spacial score (nSPS) is 16.3. The van der Waals surface area contributed by atoms with Crippen molar-refractivity contribution in [2.45, 2.75) is 25.3 Å². The Balaban J connectivity index is 1.86. The van der Waals surface area contributed by atoms with E-state index in [2.05, 4.69) is 0 Å². The van der Waals surface area contributed by atoms with Crippen LogP contribution in [-0.4, -0.2) is 28.8 Å². The van der Waals surface area contributed by atoms with Crippen LogP contribution in [0.3, 0.4) is 0 Å². The minimum absolute atomic E-state index is 0.191. The fourth-order valence-electron chi connectivity index (χ4n) is 1.62. The Labute approximate surface area is 105 Å². The van der Waals surface area contributed by atoms with Gasteiger partial charge in [-0.05, 0) is 42.9 Å². The second-order valence-electron chi connectivity index (χ2n) is 4.71. The number of esters is 1. The zero-order chi connectivity index (χ0) is 13.1. The largest absolute Gasteiger partial charge is 0.504 e. The van der Waals surface area contributed by atoms with Gasteiger partial charge in [-0.1, -0.05) is 6.07 Å². The Morgan fingerprint density at radius 1 is 1.39 bits per heavy atom. The SMILES string of the molecule is NC(Cc1ccc(O)c(O)c1)C(=O)OCC1CC1. The van der Waals surface area contributed by atoms with Crippen LogP contribution in [0.25, 0.3) is 0 Å². The van der Waals surface area contributed by atoms with Gasteiger partial charge in [0.15, 0.2) is 11.5 Å². The van der Waals surface area contributed by atoms with Gasteiger partial charge in [-0.3, -0.25) is 4.79 Å². The second-order valence-corrected chi connectivity index (χ2v) is 4.71. The molecule has 1 aliphatic rings.